The topological polar surface area (TPSA) is 82.8 Å². The summed E-state index contributed by atoms with van der Waals surface area (Å²) in [6.07, 6.45) is 1.54. The summed E-state index contributed by atoms with van der Waals surface area (Å²) >= 11 is 0. The van der Waals surface area contributed by atoms with Crippen molar-refractivity contribution < 1.29 is 19.8 Å². The third-order valence-corrected chi connectivity index (χ3v) is 5.68. The lowest BCUT2D eigenvalue weighted by Crippen LogP contribution is -2.36. The summed E-state index contributed by atoms with van der Waals surface area (Å²) in [6.45, 7) is 6.16. The highest BCUT2D eigenvalue weighted by atomic mass is 16.3. The number of aryl methyl sites for hydroxylation is 1. The lowest BCUT2D eigenvalue weighted by Gasteiger charge is -2.24. The summed E-state index contributed by atoms with van der Waals surface area (Å²) in [5.74, 6) is -0.0331. The maximum absolute atomic E-state index is 12.9. The second-order valence-electron chi connectivity index (χ2n) is 7.75. The number of aromatic nitrogens is 1. The molecule has 0 radical (unpaired) electrons. The molecule has 0 spiro atoms. The zero-order valence-electron chi connectivity index (χ0n) is 16.7. The van der Waals surface area contributed by atoms with E-state index in [1.807, 2.05) is 36.6 Å². The lowest BCUT2D eigenvalue weighted by molar-refractivity contribution is -0.0250. The molecular weight excluding hydrogens is 356 g/mol. The summed E-state index contributed by atoms with van der Waals surface area (Å²) in [5.41, 5.74) is 2.98. The molecule has 1 aliphatic heterocycles. The highest BCUT2D eigenvalue weighted by molar-refractivity contribution is 5.96. The van der Waals surface area contributed by atoms with Crippen molar-refractivity contribution in [1.82, 2.24) is 9.47 Å². The Morgan fingerprint density at radius 1 is 1.11 bits per heavy atom. The van der Waals surface area contributed by atoms with Crippen LogP contribution < -0.4 is 0 Å². The number of benzene rings is 1. The third-order valence-electron chi connectivity index (χ3n) is 5.68. The molecule has 3 rings (SSSR count). The van der Waals surface area contributed by atoms with E-state index in [2.05, 4.69) is 0 Å². The van der Waals surface area contributed by atoms with Gasteiger partial charge in [0.15, 0.2) is 5.78 Å². The number of hydrogen-bond acceptors (Lipinski definition) is 4. The Bertz CT molecular complexity index is 885. The van der Waals surface area contributed by atoms with Crippen molar-refractivity contribution in [2.75, 3.05) is 19.7 Å². The summed E-state index contributed by atoms with van der Waals surface area (Å²) < 4.78 is 2.01. The van der Waals surface area contributed by atoms with Crippen LogP contribution in [-0.2, 0) is 0 Å². The van der Waals surface area contributed by atoms with Crippen LogP contribution in [0.4, 0.5) is 0 Å². The van der Waals surface area contributed by atoms with Crippen molar-refractivity contribution in [1.29, 1.82) is 0 Å². The fourth-order valence-electron chi connectivity index (χ4n) is 3.99. The minimum Gasteiger partial charge on any atom is -0.393 e. The van der Waals surface area contributed by atoms with E-state index >= 15 is 0 Å². The molecule has 1 aliphatic rings. The smallest absolute Gasteiger partial charge is 0.253 e. The van der Waals surface area contributed by atoms with E-state index < -0.39 is 5.60 Å². The van der Waals surface area contributed by atoms with Crippen molar-refractivity contribution >= 4 is 11.7 Å². The summed E-state index contributed by atoms with van der Waals surface area (Å²) in [4.78, 5) is 26.4. The Kier molecular flexibility index (Phi) is 5.72. The van der Waals surface area contributed by atoms with Gasteiger partial charge in [0.2, 0.25) is 0 Å². The highest BCUT2D eigenvalue weighted by Gasteiger charge is 2.31. The van der Waals surface area contributed by atoms with Gasteiger partial charge in [0, 0.05) is 41.3 Å². The SMILES string of the molecule is CC(=O)c1cc(C)n(-c2ccc(C(=O)N3CCCC(O)(CO)CC3)cc2)c1C. The Hall–Kier alpha value is -2.44. The average Bonchev–Trinajstić information content (AvgIpc) is 2.85. The number of ketones is 1. The van der Waals surface area contributed by atoms with Crippen LogP contribution in [0.1, 0.15) is 58.3 Å². The Balaban J connectivity index is 1.80. The second-order valence-corrected chi connectivity index (χ2v) is 7.75. The van der Waals surface area contributed by atoms with Crippen molar-refractivity contribution in [3.05, 3.63) is 52.8 Å². The van der Waals surface area contributed by atoms with Gasteiger partial charge >= 0.3 is 0 Å². The van der Waals surface area contributed by atoms with E-state index in [1.54, 1.807) is 24.0 Å². The van der Waals surface area contributed by atoms with Gasteiger partial charge in [0.25, 0.3) is 5.91 Å². The molecule has 1 saturated heterocycles. The molecule has 2 N–H and O–H groups in total. The monoisotopic (exact) mass is 384 g/mol. The first-order valence-corrected chi connectivity index (χ1v) is 9.68. The lowest BCUT2D eigenvalue weighted by atomic mass is 9.96. The Morgan fingerprint density at radius 3 is 2.36 bits per heavy atom. The fourth-order valence-corrected chi connectivity index (χ4v) is 3.99. The molecule has 1 fully saturated rings. The van der Waals surface area contributed by atoms with Crippen LogP contribution in [0, 0.1) is 13.8 Å². The van der Waals surface area contributed by atoms with Gasteiger partial charge in [-0.05, 0) is 70.4 Å². The van der Waals surface area contributed by atoms with Gasteiger partial charge in [-0.15, -0.1) is 0 Å². The van der Waals surface area contributed by atoms with Crippen LogP contribution in [0.2, 0.25) is 0 Å². The quantitative estimate of drug-likeness (QED) is 0.794. The number of likely N-dealkylation sites (tertiary alicyclic amines) is 1. The minimum absolute atomic E-state index is 0.0372. The summed E-state index contributed by atoms with van der Waals surface area (Å²) in [5, 5.41) is 19.6. The number of carbonyl (C=O) groups excluding carboxylic acids is 2. The van der Waals surface area contributed by atoms with E-state index in [1.165, 1.54) is 0 Å². The Morgan fingerprint density at radius 2 is 1.79 bits per heavy atom. The highest BCUT2D eigenvalue weighted by Crippen LogP contribution is 2.24. The number of nitrogens with zero attached hydrogens (tertiary/aromatic N) is 2. The first-order chi connectivity index (χ1) is 13.3. The number of aliphatic hydroxyl groups is 2. The van der Waals surface area contributed by atoms with Crippen molar-refractivity contribution in [3.63, 3.8) is 0 Å². The van der Waals surface area contributed by atoms with E-state index in [0.717, 1.165) is 17.1 Å². The second kappa shape index (κ2) is 7.89. The molecule has 150 valence electrons. The first kappa shape index (κ1) is 20.3. The van der Waals surface area contributed by atoms with Crippen molar-refractivity contribution in [2.45, 2.75) is 45.6 Å². The molecule has 0 aliphatic carbocycles. The van der Waals surface area contributed by atoms with E-state index in [4.69, 9.17) is 0 Å². The largest absolute Gasteiger partial charge is 0.393 e. The molecule has 1 atom stereocenters. The number of aliphatic hydroxyl groups excluding tert-OH is 1. The van der Waals surface area contributed by atoms with Crippen LogP contribution in [0.15, 0.2) is 30.3 Å². The molecule has 28 heavy (non-hydrogen) atoms. The minimum atomic E-state index is -1.09. The molecule has 1 amide bonds. The summed E-state index contributed by atoms with van der Waals surface area (Å²) in [6, 6.07) is 9.26. The van der Waals surface area contributed by atoms with Gasteiger partial charge in [-0.25, -0.2) is 0 Å². The van der Waals surface area contributed by atoms with Gasteiger partial charge in [0.05, 0.1) is 12.2 Å². The zero-order chi connectivity index (χ0) is 20.5. The number of hydrogen-bond donors (Lipinski definition) is 2. The van der Waals surface area contributed by atoms with E-state index in [-0.39, 0.29) is 18.3 Å². The standard InChI is InChI=1S/C22H28N2O4/c1-15-13-20(17(3)26)16(2)24(15)19-7-5-18(6-8-19)21(27)23-11-4-9-22(28,14-25)10-12-23/h5-8,13,25,28H,4,9-12,14H2,1-3H3. The normalized spacial score (nSPS) is 20.1. The molecule has 2 heterocycles. The molecular formula is C22H28N2O4. The zero-order valence-corrected chi connectivity index (χ0v) is 16.7. The maximum Gasteiger partial charge on any atom is 0.253 e. The number of amides is 1. The average molecular weight is 384 g/mol. The van der Waals surface area contributed by atoms with Gasteiger partial charge in [0.1, 0.15) is 0 Å². The first-order valence-electron chi connectivity index (χ1n) is 9.68. The molecule has 1 unspecified atom stereocenters. The van der Waals surface area contributed by atoms with Crippen LogP contribution in [-0.4, -0.2) is 56.7 Å². The summed E-state index contributed by atoms with van der Waals surface area (Å²) in [7, 11) is 0. The predicted molar refractivity (Wildman–Crippen MR) is 107 cm³/mol. The number of Topliss-reactive ketones (excluding diaryl/α,β-unsaturated/α-hetero) is 1. The van der Waals surface area contributed by atoms with Crippen LogP contribution in [0.25, 0.3) is 5.69 Å². The molecule has 0 bridgehead atoms. The van der Waals surface area contributed by atoms with Gasteiger partial charge in [-0.1, -0.05) is 0 Å². The maximum atomic E-state index is 12.9. The number of rotatable bonds is 4. The van der Waals surface area contributed by atoms with Crippen LogP contribution >= 0.6 is 0 Å². The molecule has 0 saturated carbocycles. The molecule has 6 nitrogen and oxygen atoms in total. The third kappa shape index (κ3) is 3.88. The molecule has 6 heteroatoms. The van der Waals surface area contributed by atoms with Gasteiger partial charge in [-0.2, -0.15) is 0 Å². The molecule has 2 aromatic rings. The van der Waals surface area contributed by atoms with Crippen molar-refractivity contribution in [3.8, 4) is 5.69 Å². The van der Waals surface area contributed by atoms with Crippen LogP contribution in [0.3, 0.4) is 0 Å². The van der Waals surface area contributed by atoms with Gasteiger partial charge < -0.3 is 19.7 Å². The van der Waals surface area contributed by atoms with Crippen molar-refractivity contribution in [2.24, 2.45) is 0 Å². The molecule has 1 aromatic heterocycles. The van der Waals surface area contributed by atoms with E-state index in [9.17, 15) is 19.8 Å². The fraction of sp³-hybridized carbons (Fsp3) is 0.455. The Labute approximate surface area is 165 Å². The number of carbonyl (C=O) groups is 2. The van der Waals surface area contributed by atoms with Gasteiger partial charge in [-0.3, -0.25) is 9.59 Å². The van der Waals surface area contributed by atoms with Crippen LogP contribution in [0.5, 0.6) is 0 Å². The predicted octanol–water partition coefficient (Wildman–Crippen LogP) is 2.65. The van der Waals surface area contributed by atoms with E-state index in [0.29, 0.717) is 43.5 Å². The molecule has 1 aromatic carbocycles.